The van der Waals surface area contributed by atoms with Gasteiger partial charge < -0.3 is 23.7 Å². The van der Waals surface area contributed by atoms with Crippen molar-refractivity contribution in [3.8, 4) is 28.7 Å². The van der Waals surface area contributed by atoms with Crippen molar-refractivity contribution in [2.45, 2.75) is 6.92 Å². The van der Waals surface area contributed by atoms with Gasteiger partial charge >= 0.3 is 5.97 Å². The Balaban J connectivity index is 1.56. The van der Waals surface area contributed by atoms with E-state index in [1.807, 2.05) is 36.4 Å². The van der Waals surface area contributed by atoms with Crippen molar-refractivity contribution in [1.29, 1.82) is 0 Å². The Morgan fingerprint density at radius 1 is 0.914 bits per heavy atom. The Morgan fingerprint density at radius 3 is 2.23 bits per heavy atom. The highest BCUT2D eigenvalue weighted by molar-refractivity contribution is 6.13. The maximum atomic E-state index is 12.9. The van der Waals surface area contributed by atoms with Crippen LogP contribution in [0.4, 0.5) is 0 Å². The van der Waals surface area contributed by atoms with Gasteiger partial charge in [-0.2, -0.15) is 0 Å². The van der Waals surface area contributed by atoms with Gasteiger partial charge in [0.05, 0.1) is 32.5 Å². The number of Topliss-reactive ketones (excluding diaryl/α,β-unsaturated/α-hetero) is 1. The van der Waals surface area contributed by atoms with Gasteiger partial charge in [0.25, 0.3) is 0 Å². The topological polar surface area (TPSA) is 80.3 Å². The predicted octanol–water partition coefficient (Wildman–Crippen LogP) is 5.41. The normalized spacial score (nSPS) is 13.5. The van der Waals surface area contributed by atoms with E-state index in [1.54, 1.807) is 25.1 Å². The van der Waals surface area contributed by atoms with Crippen LogP contribution in [0.15, 0.2) is 72.5 Å². The Kier molecular flexibility index (Phi) is 6.87. The highest BCUT2D eigenvalue weighted by atomic mass is 16.5. The molecule has 0 spiro atoms. The number of ether oxygens (including phenoxy) is 5. The number of esters is 1. The van der Waals surface area contributed by atoms with Gasteiger partial charge in [-0.15, -0.1) is 0 Å². The van der Waals surface area contributed by atoms with E-state index in [1.165, 1.54) is 39.5 Å². The molecule has 0 saturated heterocycles. The highest BCUT2D eigenvalue weighted by Gasteiger charge is 2.30. The molecule has 7 nitrogen and oxygen atoms in total. The van der Waals surface area contributed by atoms with Crippen LogP contribution in [-0.2, 0) is 0 Å². The average molecular weight is 472 g/mol. The minimum atomic E-state index is -0.630. The first kappa shape index (κ1) is 23.6. The van der Waals surface area contributed by atoms with Crippen molar-refractivity contribution in [2.24, 2.45) is 0 Å². The predicted molar refractivity (Wildman–Crippen MR) is 131 cm³/mol. The smallest absolute Gasteiger partial charge is 0.343 e. The first-order valence-electron chi connectivity index (χ1n) is 10.8. The Bertz CT molecular complexity index is 1310. The molecular formula is C28H24O7. The van der Waals surface area contributed by atoms with Crippen LogP contribution in [0.1, 0.15) is 31.8 Å². The monoisotopic (exact) mass is 472 g/mol. The van der Waals surface area contributed by atoms with Crippen LogP contribution in [-0.4, -0.2) is 33.1 Å². The van der Waals surface area contributed by atoms with E-state index in [9.17, 15) is 9.59 Å². The number of fused-ring (bicyclic) bond motifs is 1. The number of methoxy groups -OCH3 is 3. The molecule has 178 valence electrons. The summed E-state index contributed by atoms with van der Waals surface area (Å²) in [6, 6.07) is 15.9. The number of carbonyl (C=O) groups excluding carboxylic acids is 2. The molecule has 3 aromatic rings. The molecule has 0 radical (unpaired) electrons. The van der Waals surface area contributed by atoms with E-state index in [0.717, 1.165) is 5.56 Å². The third-order valence-electron chi connectivity index (χ3n) is 5.39. The Morgan fingerprint density at radius 2 is 1.60 bits per heavy atom. The molecule has 1 aliphatic rings. The van der Waals surface area contributed by atoms with E-state index in [4.69, 9.17) is 23.7 Å². The van der Waals surface area contributed by atoms with E-state index in [0.29, 0.717) is 34.1 Å². The Hall–Kier alpha value is -4.52. The molecule has 35 heavy (non-hydrogen) atoms. The zero-order valence-electron chi connectivity index (χ0n) is 19.8. The van der Waals surface area contributed by atoms with Crippen LogP contribution in [0, 0.1) is 6.92 Å². The summed E-state index contributed by atoms with van der Waals surface area (Å²) in [6.45, 7) is 1.76. The van der Waals surface area contributed by atoms with Crippen molar-refractivity contribution < 1.29 is 33.3 Å². The highest BCUT2D eigenvalue weighted by Crippen LogP contribution is 2.40. The molecule has 0 amide bonds. The fraction of sp³-hybridized carbons (Fsp3) is 0.143. The summed E-state index contributed by atoms with van der Waals surface area (Å²) < 4.78 is 27.2. The van der Waals surface area contributed by atoms with E-state index in [2.05, 4.69) is 0 Å². The molecule has 4 rings (SSSR count). The molecule has 1 heterocycles. The summed E-state index contributed by atoms with van der Waals surface area (Å²) in [5.74, 6) is 0.950. The third-order valence-corrected chi connectivity index (χ3v) is 5.39. The summed E-state index contributed by atoms with van der Waals surface area (Å²) in [5, 5.41) is 0. The molecule has 0 saturated carbocycles. The van der Waals surface area contributed by atoms with Gasteiger partial charge in [-0.05, 0) is 42.3 Å². The molecule has 7 heteroatoms. The number of allylic oxidation sites excluding steroid dienone is 3. The van der Waals surface area contributed by atoms with Gasteiger partial charge in [0.15, 0.2) is 17.3 Å². The first-order valence-corrected chi connectivity index (χ1v) is 10.8. The largest absolute Gasteiger partial charge is 0.493 e. The lowest BCUT2D eigenvalue weighted by Crippen LogP contribution is -2.10. The minimum Gasteiger partial charge on any atom is -0.493 e. The number of ketones is 1. The van der Waals surface area contributed by atoms with Gasteiger partial charge in [-0.25, -0.2) is 4.79 Å². The second kappa shape index (κ2) is 10.2. The molecule has 0 unspecified atom stereocenters. The molecule has 0 aliphatic carbocycles. The summed E-state index contributed by atoms with van der Waals surface area (Å²) in [5.41, 5.74) is 2.29. The van der Waals surface area contributed by atoms with Crippen LogP contribution in [0.25, 0.3) is 6.08 Å². The van der Waals surface area contributed by atoms with Gasteiger partial charge in [-0.1, -0.05) is 42.5 Å². The summed E-state index contributed by atoms with van der Waals surface area (Å²) in [7, 11) is 4.41. The molecule has 1 aliphatic heterocycles. The van der Waals surface area contributed by atoms with Crippen molar-refractivity contribution >= 4 is 17.8 Å². The minimum absolute atomic E-state index is 0.198. The van der Waals surface area contributed by atoms with Crippen molar-refractivity contribution in [3.63, 3.8) is 0 Å². The van der Waals surface area contributed by atoms with Crippen molar-refractivity contribution in [3.05, 3.63) is 94.8 Å². The maximum absolute atomic E-state index is 12.9. The molecule has 0 atom stereocenters. The fourth-order valence-electron chi connectivity index (χ4n) is 3.73. The Labute approximate surface area is 203 Å². The van der Waals surface area contributed by atoms with Gasteiger partial charge in [0.2, 0.25) is 11.5 Å². The number of carbonyl (C=O) groups is 2. The summed E-state index contributed by atoms with van der Waals surface area (Å²) in [6.07, 6.45) is 5.26. The summed E-state index contributed by atoms with van der Waals surface area (Å²) >= 11 is 0. The lowest BCUT2D eigenvalue weighted by atomic mass is 10.0. The molecule has 0 bridgehead atoms. The third kappa shape index (κ3) is 4.89. The average Bonchev–Trinajstić information content (AvgIpc) is 3.18. The second-order valence-corrected chi connectivity index (χ2v) is 7.65. The SMILES string of the molecule is COc1cc(C(=O)Oc2cc(C)c3c(c2)O/C(=C\C=C\c2ccccc2)C3=O)cc(OC)c1OC. The van der Waals surface area contributed by atoms with Crippen molar-refractivity contribution in [2.75, 3.05) is 21.3 Å². The number of aryl methyl sites for hydroxylation is 1. The number of rotatable bonds is 7. The van der Waals surface area contributed by atoms with Crippen LogP contribution in [0.2, 0.25) is 0 Å². The molecule has 0 fully saturated rings. The second-order valence-electron chi connectivity index (χ2n) is 7.65. The lowest BCUT2D eigenvalue weighted by Gasteiger charge is -2.14. The number of hydrogen-bond acceptors (Lipinski definition) is 7. The van der Waals surface area contributed by atoms with Crippen LogP contribution < -0.4 is 23.7 Å². The first-order chi connectivity index (χ1) is 16.9. The zero-order valence-corrected chi connectivity index (χ0v) is 19.8. The van der Waals surface area contributed by atoms with Crippen molar-refractivity contribution in [1.82, 2.24) is 0 Å². The molecule has 0 N–H and O–H groups in total. The van der Waals surface area contributed by atoms with Gasteiger partial charge in [0, 0.05) is 6.07 Å². The lowest BCUT2D eigenvalue weighted by molar-refractivity contribution is 0.0733. The van der Waals surface area contributed by atoms with E-state index < -0.39 is 5.97 Å². The molecular weight excluding hydrogens is 448 g/mol. The van der Waals surface area contributed by atoms with Crippen LogP contribution in [0.3, 0.4) is 0 Å². The van der Waals surface area contributed by atoms with E-state index >= 15 is 0 Å². The standard InChI is InChI=1S/C28H24O7/c1-17-13-20(34-28(30)19-14-23(31-2)27(33-4)24(15-19)32-3)16-22-25(17)26(29)21(35-22)12-8-11-18-9-6-5-7-10-18/h5-16H,1-4H3/b11-8+,21-12-. The molecule has 0 aromatic heterocycles. The number of benzene rings is 3. The maximum Gasteiger partial charge on any atom is 0.343 e. The van der Waals surface area contributed by atoms with Gasteiger partial charge in [-0.3, -0.25) is 4.79 Å². The quantitative estimate of drug-likeness (QED) is 0.258. The summed E-state index contributed by atoms with van der Waals surface area (Å²) in [4.78, 5) is 25.7. The van der Waals surface area contributed by atoms with E-state index in [-0.39, 0.29) is 22.9 Å². The van der Waals surface area contributed by atoms with Crippen LogP contribution in [0.5, 0.6) is 28.7 Å². The zero-order chi connectivity index (χ0) is 24.9. The molecule has 3 aromatic carbocycles. The van der Waals surface area contributed by atoms with Gasteiger partial charge in [0.1, 0.15) is 11.5 Å². The number of hydrogen-bond donors (Lipinski definition) is 0. The fourth-order valence-corrected chi connectivity index (χ4v) is 3.73. The van der Waals surface area contributed by atoms with Crippen LogP contribution >= 0.6 is 0 Å².